The van der Waals surface area contributed by atoms with E-state index in [4.69, 9.17) is 19.0 Å². The van der Waals surface area contributed by atoms with Crippen molar-refractivity contribution in [1.82, 2.24) is 9.97 Å². The van der Waals surface area contributed by atoms with Crippen molar-refractivity contribution in [2.24, 2.45) is 11.1 Å². The van der Waals surface area contributed by atoms with E-state index in [9.17, 15) is 5.21 Å². The number of aromatic nitrogens is 2. The molecule has 0 saturated heterocycles. The highest BCUT2D eigenvalue weighted by Crippen LogP contribution is 2.38. The molecule has 0 bridgehead atoms. The molecule has 1 aliphatic carbocycles. The van der Waals surface area contributed by atoms with Gasteiger partial charge >= 0.3 is 0 Å². The third kappa shape index (κ3) is 4.07. The highest BCUT2D eigenvalue weighted by atomic mass is 16.5. The van der Waals surface area contributed by atoms with Crippen LogP contribution in [0.15, 0.2) is 52.2 Å². The molecule has 0 radical (unpaired) electrons. The first kappa shape index (κ1) is 18.9. The first-order chi connectivity index (χ1) is 14.2. The Kier molecular flexibility index (Phi) is 5.44. The summed E-state index contributed by atoms with van der Waals surface area (Å²) >= 11 is 0. The lowest BCUT2D eigenvalue weighted by Gasteiger charge is -2.06. The molecule has 0 atom stereocenters. The summed E-state index contributed by atoms with van der Waals surface area (Å²) in [5.41, 5.74) is 2.60. The first-order valence-corrected chi connectivity index (χ1v) is 9.31. The number of rotatable bonds is 8. The van der Waals surface area contributed by atoms with Gasteiger partial charge in [-0.2, -0.15) is 0 Å². The summed E-state index contributed by atoms with van der Waals surface area (Å²) in [5.74, 6) is 2.16. The molecular weight excluding hydrogens is 374 g/mol. The van der Waals surface area contributed by atoms with Crippen LogP contribution in [-0.4, -0.2) is 46.3 Å². The lowest BCUT2D eigenvalue weighted by atomic mass is 10.1. The van der Waals surface area contributed by atoms with Gasteiger partial charge in [0.1, 0.15) is 23.8 Å². The Morgan fingerprint density at radius 2 is 1.93 bits per heavy atom. The highest BCUT2D eigenvalue weighted by Gasteiger charge is 2.33. The van der Waals surface area contributed by atoms with Crippen molar-refractivity contribution in [1.29, 1.82) is 0 Å². The molecule has 1 saturated carbocycles. The lowest BCUT2D eigenvalue weighted by molar-refractivity contribution is 0.201. The van der Waals surface area contributed by atoms with Crippen molar-refractivity contribution in [3.05, 3.63) is 48.5 Å². The zero-order chi connectivity index (χ0) is 20.2. The van der Waals surface area contributed by atoms with Crippen LogP contribution in [0.5, 0.6) is 11.6 Å². The molecule has 2 aromatic heterocycles. The normalized spacial score (nSPS) is 14.1. The predicted octanol–water partition coefficient (Wildman–Crippen LogP) is 3.37. The van der Waals surface area contributed by atoms with E-state index in [2.05, 4.69) is 15.1 Å². The van der Waals surface area contributed by atoms with Crippen LogP contribution < -0.4 is 9.47 Å². The maximum absolute atomic E-state index is 9.44. The third-order valence-electron chi connectivity index (χ3n) is 4.61. The predicted molar refractivity (Wildman–Crippen MR) is 105 cm³/mol. The number of aliphatic hydroxyl groups is 1. The number of oxime groups is 1. The average Bonchev–Trinajstić information content (AvgIpc) is 3.51. The molecule has 0 unspecified atom stereocenters. The molecule has 4 rings (SSSR count). The number of pyridine rings is 1. The minimum Gasteiger partial charge on any atom is -0.491 e. The van der Waals surface area contributed by atoms with Crippen LogP contribution in [-0.2, 0) is 0 Å². The highest BCUT2D eigenvalue weighted by molar-refractivity contribution is 6.00. The topological polar surface area (TPSA) is 110 Å². The lowest BCUT2D eigenvalue weighted by Crippen LogP contribution is -2.03. The van der Waals surface area contributed by atoms with Crippen molar-refractivity contribution in [2.45, 2.75) is 12.8 Å². The van der Waals surface area contributed by atoms with E-state index < -0.39 is 0 Å². The summed E-state index contributed by atoms with van der Waals surface area (Å²) in [6.45, 7) is 0.179. The first-order valence-electron chi connectivity index (χ1n) is 9.31. The second-order valence-electron chi connectivity index (χ2n) is 6.64. The van der Waals surface area contributed by atoms with Crippen molar-refractivity contribution >= 4 is 5.71 Å². The minimum atomic E-state index is -0.0493. The molecule has 0 aliphatic heterocycles. The fraction of sp³-hybridized carbons (Fsp3) is 0.286. The van der Waals surface area contributed by atoms with Gasteiger partial charge in [0.15, 0.2) is 5.76 Å². The van der Waals surface area contributed by atoms with E-state index in [-0.39, 0.29) is 19.1 Å². The molecule has 0 spiro atoms. The maximum Gasteiger partial charge on any atom is 0.245 e. The van der Waals surface area contributed by atoms with Gasteiger partial charge in [-0.3, -0.25) is 0 Å². The Bertz CT molecular complexity index is 992. The van der Waals surface area contributed by atoms with Crippen LogP contribution in [0.4, 0.5) is 0 Å². The van der Waals surface area contributed by atoms with Crippen LogP contribution in [0, 0.1) is 5.92 Å². The van der Waals surface area contributed by atoms with E-state index in [1.54, 1.807) is 31.5 Å². The largest absolute Gasteiger partial charge is 0.491 e. The molecule has 29 heavy (non-hydrogen) atoms. The Morgan fingerprint density at radius 1 is 1.17 bits per heavy atom. The molecular formula is C21H21N3O5. The second-order valence-corrected chi connectivity index (χ2v) is 6.64. The Morgan fingerprint density at radius 3 is 2.52 bits per heavy atom. The molecule has 8 nitrogen and oxygen atoms in total. The number of aliphatic hydroxyl groups excluding tert-OH is 1. The molecule has 1 fully saturated rings. The SMILES string of the molecule is COc1ccc(-c2nc(/C(=N/O)C3CC3)oc2-c2ccc(OCCO)cc2)cn1. The zero-order valence-corrected chi connectivity index (χ0v) is 15.9. The van der Waals surface area contributed by atoms with Crippen molar-refractivity contribution in [3.8, 4) is 34.2 Å². The van der Waals surface area contributed by atoms with Crippen molar-refractivity contribution < 1.29 is 24.2 Å². The minimum absolute atomic E-state index is 0.0493. The van der Waals surface area contributed by atoms with Crippen LogP contribution in [0.1, 0.15) is 18.7 Å². The molecule has 3 aromatic rings. The van der Waals surface area contributed by atoms with Crippen molar-refractivity contribution in [2.75, 3.05) is 20.3 Å². The number of hydrogen-bond donors (Lipinski definition) is 2. The Labute approximate surface area is 167 Å². The number of hydrogen-bond acceptors (Lipinski definition) is 8. The van der Waals surface area contributed by atoms with E-state index in [1.165, 1.54) is 0 Å². The number of benzene rings is 1. The quantitative estimate of drug-likeness (QED) is 0.342. The average molecular weight is 395 g/mol. The van der Waals surface area contributed by atoms with Gasteiger partial charge in [-0.1, -0.05) is 5.16 Å². The van der Waals surface area contributed by atoms with Gasteiger partial charge < -0.3 is 24.2 Å². The summed E-state index contributed by atoms with van der Waals surface area (Å²) in [4.78, 5) is 8.86. The molecule has 150 valence electrons. The Balaban J connectivity index is 1.74. The van der Waals surface area contributed by atoms with Gasteiger partial charge in [0.2, 0.25) is 11.8 Å². The summed E-state index contributed by atoms with van der Waals surface area (Å²) in [6, 6.07) is 10.9. The number of ether oxygens (including phenoxy) is 2. The second kappa shape index (κ2) is 8.32. The smallest absolute Gasteiger partial charge is 0.245 e. The van der Waals surface area contributed by atoms with Gasteiger partial charge in [-0.05, 0) is 43.2 Å². The maximum atomic E-state index is 9.44. The standard InChI is InChI=1S/C21H21N3O5/c1-27-17-9-6-15(12-22-17)18-20(14-4-7-16(8-5-14)28-11-10-25)29-21(23-18)19(24-26)13-2-3-13/h4-9,12-13,25-26H,2-3,10-11H2,1H3/b24-19+. The molecule has 1 aliphatic rings. The Hall–Kier alpha value is -3.39. The molecule has 0 amide bonds. The van der Waals surface area contributed by atoms with Crippen molar-refractivity contribution in [3.63, 3.8) is 0 Å². The molecule has 8 heteroatoms. The van der Waals surface area contributed by atoms with Gasteiger partial charge in [0, 0.05) is 29.3 Å². The van der Waals surface area contributed by atoms with Gasteiger partial charge in [0.05, 0.1) is 13.7 Å². The molecule has 2 N–H and O–H groups in total. The van der Waals surface area contributed by atoms with Gasteiger partial charge in [0.25, 0.3) is 0 Å². The summed E-state index contributed by atoms with van der Waals surface area (Å²) < 4.78 is 16.6. The van der Waals surface area contributed by atoms with Gasteiger partial charge in [-0.15, -0.1) is 0 Å². The summed E-state index contributed by atoms with van der Waals surface area (Å²) in [5, 5.41) is 21.8. The van der Waals surface area contributed by atoms with Gasteiger partial charge in [-0.25, -0.2) is 9.97 Å². The number of methoxy groups -OCH3 is 1. The fourth-order valence-corrected chi connectivity index (χ4v) is 2.98. The van der Waals surface area contributed by atoms with Crippen LogP contribution in [0.3, 0.4) is 0 Å². The third-order valence-corrected chi connectivity index (χ3v) is 4.61. The summed E-state index contributed by atoms with van der Waals surface area (Å²) in [7, 11) is 1.56. The molecule has 1 aromatic carbocycles. The summed E-state index contributed by atoms with van der Waals surface area (Å²) in [6.07, 6.45) is 3.57. The monoisotopic (exact) mass is 395 g/mol. The van der Waals surface area contributed by atoms with Crippen LogP contribution >= 0.6 is 0 Å². The fourth-order valence-electron chi connectivity index (χ4n) is 2.98. The van der Waals surface area contributed by atoms with E-state index in [0.29, 0.717) is 34.7 Å². The van der Waals surface area contributed by atoms with Crippen LogP contribution in [0.25, 0.3) is 22.6 Å². The van der Waals surface area contributed by atoms with E-state index >= 15 is 0 Å². The van der Waals surface area contributed by atoms with E-state index in [1.807, 2.05) is 18.2 Å². The molecule has 2 heterocycles. The number of oxazole rings is 1. The number of nitrogens with zero attached hydrogens (tertiary/aromatic N) is 3. The van der Waals surface area contributed by atoms with E-state index in [0.717, 1.165) is 24.0 Å². The zero-order valence-electron chi connectivity index (χ0n) is 15.9. The van der Waals surface area contributed by atoms with Crippen LogP contribution in [0.2, 0.25) is 0 Å².